The van der Waals surface area contributed by atoms with Crippen LogP contribution in [-0.2, 0) is 16.8 Å². The third kappa shape index (κ3) is 4.65. The third-order valence-corrected chi connectivity index (χ3v) is 9.22. The molecular formula is C31H33N5O3S. The molecule has 6 rings (SSSR count). The van der Waals surface area contributed by atoms with E-state index in [2.05, 4.69) is 10.2 Å². The van der Waals surface area contributed by atoms with E-state index in [9.17, 15) is 9.59 Å². The number of likely N-dealkylation sites (N-methyl/N-ethyl adjacent to an activating group) is 1. The Bertz CT molecular complexity index is 1590. The zero-order valence-electron chi connectivity index (χ0n) is 22.4. The van der Waals surface area contributed by atoms with Crippen molar-refractivity contribution in [3.05, 3.63) is 88.3 Å². The largest absolute Gasteiger partial charge is 0.457 e. The molecule has 0 radical (unpaired) electrons. The van der Waals surface area contributed by atoms with Crippen molar-refractivity contribution >= 4 is 38.8 Å². The average molecular weight is 556 g/mol. The Labute approximate surface area is 237 Å². The first kappa shape index (κ1) is 26.5. The van der Waals surface area contributed by atoms with Gasteiger partial charge in [0.05, 0.1) is 15.6 Å². The van der Waals surface area contributed by atoms with Crippen LogP contribution in [0.1, 0.15) is 45.2 Å². The van der Waals surface area contributed by atoms with Gasteiger partial charge < -0.3 is 32.2 Å². The normalized spacial score (nSPS) is 22.8. The van der Waals surface area contributed by atoms with E-state index in [1.54, 1.807) is 6.07 Å². The molecule has 2 heterocycles. The van der Waals surface area contributed by atoms with Gasteiger partial charge in [-0.15, -0.1) is 11.3 Å². The molecule has 2 aliphatic rings. The van der Waals surface area contributed by atoms with Gasteiger partial charge in [-0.25, -0.2) is 0 Å². The number of piperidine rings is 1. The zero-order valence-corrected chi connectivity index (χ0v) is 23.2. The number of rotatable bonds is 6. The molecule has 4 aromatic rings. The SMILES string of the molecule is CN1CCCC(NC(=O)c2sc3c(N)ccc4c3c2C(N)C(=O)C4(N)Cc2ccc(Oc3ccccc3)cc2)C1. The van der Waals surface area contributed by atoms with E-state index in [0.29, 0.717) is 27.4 Å². The molecule has 3 atom stereocenters. The molecule has 1 amide bonds. The molecule has 206 valence electrons. The van der Waals surface area contributed by atoms with Gasteiger partial charge in [-0.1, -0.05) is 36.4 Å². The summed E-state index contributed by atoms with van der Waals surface area (Å²) in [7, 11) is 2.05. The van der Waals surface area contributed by atoms with E-state index in [-0.39, 0.29) is 24.2 Å². The molecule has 1 aliphatic heterocycles. The Morgan fingerprint density at radius 1 is 1.10 bits per heavy atom. The number of nitrogens with one attached hydrogen (secondary N) is 1. The minimum absolute atomic E-state index is 0.0402. The highest BCUT2D eigenvalue weighted by atomic mass is 32.1. The lowest BCUT2D eigenvalue weighted by atomic mass is 9.71. The fourth-order valence-electron chi connectivity index (χ4n) is 5.96. The van der Waals surface area contributed by atoms with Crippen LogP contribution >= 0.6 is 11.3 Å². The van der Waals surface area contributed by atoms with Crippen LogP contribution in [0.3, 0.4) is 0 Å². The van der Waals surface area contributed by atoms with Crippen LogP contribution in [0.2, 0.25) is 0 Å². The van der Waals surface area contributed by atoms with Crippen molar-refractivity contribution in [1.29, 1.82) is 0 Å². The Balaban J connectivity index is 1.33. The number of amides is 1. The van der Waals surface area contributed by atoms with Gasteiger partial charge in [0, 0.05) is 35.6 Å². The molecule has 7 N–H and O–H groups in total. The monoisotopic (exact) mass is 555 g/mol. The number of ether oxygens (including phenoxy) is 1. The number of thiophene rings is 1. The topological polar surface area (TPSA) is 137 Å². The standard InChI is InChI=1S/C31H33N5O3S/c1-36-15-5-6-19(17-36)35-30(38)28-25-24-22(13-14-23(32)27(24)40-28)31(34,29(37)26(25)33)16-18-9-11-21(12-10-18)39-20-7-3-2-4-8-20/h2-4,7-14,19,26H,5-6,15-17,32-34H2,1H3,(H,35,38). The van der Waals surface area contributed by atoms with Crippen molar-refractivity contribution in [2.75, 3.05) is 25.9 Å². The minimum Gasteiger partial charge on any atom is -0.457 e. The number of hydrogen-bond donors (Lipinski definition) is 4. The van der Waals surface area contributed by atoms with E-state index < -0.39 is 11.6 Å². The maximum absolute atomic E-state index is 13.9. The van der Waals surface area contributed by atoms with Crippen LogP contribution in [-0.4, -0.2) is 42.8 Å². The number of Topliss-reactive ketones (excluding diaryl/α,β-unsaturated/α-hetero) is 1. The lowest BCUT2D eigenvalue weighted by Gasteiger charge is -2.36. The summed E-state index contributed by atoms with van der Waals surface area (Å²) in [5.41, 5.74) is 21.1. The molecule has 3 aromatic carbocycles. The molecule has 0 saturated carbocycles. The molecule has 8 nitrogen and oxygen atoms in total. The summed E-state index contributed by atoms with van der Waals surface area (Å²) in [5, 5.41) is 3.89. The first-order valence-electron chi connectivity index (χ1n) is 13.5. The quantitative estimate of drug-likeness (QED) is 0.263. The van der Waals surface area contributed by atoms with Crippen molar-refractivity contribution in [1.82, 2.24) is 10.2 Å². The van der Waals surface area contributed by atoms with E-state index in [1.807, 2.05) is 67.7 Å². The number of ketones is 1. The fourth-order valence-corrected chi connectivity index (χ4v) is 7.17. The Morgan fingerprint density at radius 3 is 2.55 bits per heavy atom. The zero-order chi connectivity index (χ0) is 28.0. The van der Waals surface area contributed by atoms with E-state index >= 15 is 0 Å². The molecule has 1 aromatic heterocycles. The number of carbonyl (C=O) groups excluding carboxylic acids is 2. The van der Waals surface area contributed by atoms with Crippen LogP contribution in [0.15, 0.2) is 66.7 Å². The van der Waals surface area contributed by atoms with Gasteiger partial charge in [0.1, 0.15) is 17.0 Å². The predicted octanol–water partition coefficient (Wildman–Crippen LogP) is 4.08. The highest BCUT2D eigenvalue weighted by molar-refractivity contribution is 7.21. The van der Waals surface area contributed by atoms with Crippen LogP contribution in [0.5, 0.6) is 11.5 Å². The van der Waals surface area contributed by atoms with Gasteiger partial charge in [0.15, 0.2) is 5.78 Å². The number of benzene rings is 3. The van der Waals surface area contributed by atoms with Gasteiger partial charge in [-0.3, -0.25) is 9.59 Å². The number of nitrogens with zero attached hydrogens (tertiary/aromatic N) is 1. The van der Waals surface area contributed by atoms with Crippen molar-refractivity contribution in [3.63, 3.8) is 0 Å². The highest BCUT2D eigenvalue weighted by Gasteiger charge is 2.47. The molecule has 3 unspecified atom stereocenters. The first-order chi connectivity index (χ1) is 19.2. The Kier molecular flexibility index (Phi) is 6.83. The van der Waals surface area contributed by atoms with Crippen molar-refractivity contribution in [3.8, 4) is 11.5 Å². The van der Waals surface area contributed by atoms with Crippen LogP contribution in [0.4, 0.5) is 5.69 Å². The van der Waals surface area contributed by atoms with E-state index in [0.717, 1.165) is 47.3 Å². The summed E-state index contributed by atoms with van der Waals surface area (Å²) in [6.45, 7) is 1.80. The molecule has 9 heteroatoms. The van der Waals surface area contributed by atoms with Crippen molar-refractivity contribution < 1.29 is 14.3 Å². The second kappa shape index (κ2) is 10.3. The molecule has 0 bridgehead atoms. The minimum atomic E-state index is -1.37. The number of carbonyl (C=O) groups is 2. The number of hydrogen-bond acceptors (Lipinski definition) is 8. The van der Waals surface area contributed by atoms with Crippen LogP contribution in [0, 0.1) is 0 Å². The fraction of sp³-hybridized carbons (Fsp3) is 0.290. The summed E-state index contributed by atoms with van der Waals surface area (Å²) in [4.78, 5) is 30.1. The molecule has 1 saturated heterocycles. The van der Waals surface area contributed by atoms with Crippen LogP contribution < -0.4 is 27.3 Å². The maximum Gasteiger partial charge on any atom is 0.262 e. The van der Waals surface area contributed by atoms with Gasteiger partial charge >= 0.3 is 0 Å². The summed E-state index contributed by atoms with van der Waals surface area (Å²) in [6, 6.07) is 19.6. The molecule has 0 spiro atoms. The number of nitrogens with two attached hydrogens (primary N) is 3. The van der Waals surface area contributed by atoms with Gasteiger partial charge in [-0.05, 0) is 67.9 Å². The van der Waals surface area contributed by atoms with Gasteiger partial charge in [0.2, 0.25) is 0 Å². The first-order valence-corrected chi connectivity index (χ1v) is 14.3. The van der Waals surface area contributed by atoms with E-state index in [4.69, 9.17) is 21.9 Å². The average Bonchev–Trinajstić information content (AvgIpc) is 3.35. The van der Waals surface area contributed by atoms with Crippen LogP contribution in [0.25, 0.3) is 10.1 Å². The maximum atomic E-state index is 13.9. The Morgan fingerprint density at radius 2 is 1.82 bits per heavy atom. The second-order valence-electron chi connectivity index (χ2n) is 10.9. The smallest absolute Gasteiger partial charge is 0.262 e. The second-order valence-corrected chi connectivity index (χ2v) is 11.9. The Hall–Kier alpha value is -3.76. The summed E-state index contributed by atoms with van der Waals surface area (Å²) in [6.07, 6.45) is 2.18. The van der Waals surface area contributed by atoms with Gasteiger partial charge in [0.25, 0.3) is 5.91 Å². The number of anilines is 1. The molecular weight excluding hydrogens is 522 g/mol. The summed E-state index contributed by atoms with van der Waals surface area (Å²) in [5.74, 6) is 0.884. The molecule has 1 fully saturated rings. The van der Waals surface area contributed by atoms with E-state index in [1.165, 1.54) is 11.3 Å². The predicted molar refractivity (Wildman–Crippen MR) is 159 cm³/mol. The van der Waals surface area contributed by atoms with Crippen molar-refractivity contribution in [2.24, 2.45) is 11.5 Å². The third-order valence-electron chi connectivity index (χ3n) is 7.97. The molecule has 40 heavy (non-hydrogen) atoms. The lowest BCUT2D eigenvalue weighted by Crippen LogP contribution is -2.53. The number of nitrogen functional groups attached to an aromatic ring is 1. The van der Waals surface area contributed by atoms with Crippen molar-refractivity contribution in [2.45, 2.75) is 36.9 Å². The number of para-hydroxylation sites is 1. The summed E-state index contributed by atoms with van der Waals surface area (Å²) >= 11 is 1.29. The summed E-state index contributed by atoms with van der Waals surface area (Å²) < 4.78 is 6.65. The number of likely N-dealkylation sites (tertiary alicyclic amines) is 1. The highest BCUT2D eigenvalue weighted by Crippen LogP contribution is 2.48. The molecule has 1 aliphatic carbocycles. The lowest BCUT2D eigenvalue weighted by molar-refractivity contribution is -0.126. The van der Waals surface area contributed by atoms with Gasteiger partial charge in [-0.2, -0.15) is 0 Å².